The third-order valence-electron chi connectivity index (χ3n) is 4.50. The van der Waals surface area contributed by atoms with Crippen molar-refractivity contribution in [2.45, 2.75) is 68.1 Å². The first-order valence-corrected chi connectivity index (χ1v) is 18.2. The number of fused-ring (bicyclic) bond motifs is 1. The highest BCUT2D eigenvalue weighted by atomic mass is 33.7. The van der Waals surface area contributed by atoms with E-state index < -0.39 is 8.32 Å². The normalized spacial score (nSPS) is 16.4. The van der Waals surface area contributed by atoms with Gasteiger partial charge in [0.25, 0.3) is 0 Å². The molecule has 0 unspecified atom stereocenters. The van der Waals surface area contributed by atoms with E-state index in [2.05, 4.69) is 42.3 Å². The van der Waals surface area contributed by atoms with Crippen LogP contribution in [0.3, 0.4) is 0 Å². The van der Waals surface area contributed by atoms with Gasteiger partial charge in [0.1, 0.15) is 0 Å². The first-order chi connectivity index (χ1) is 12.6. The minimum Gasteiger partial charge on any atom is -0.414 e. The van der Waals surface area contributed by atoms with Gasteiger partial charge < -0.3 is 4.43 Å². The van der Waals surface area contributed by atoms with E-state index in [1.54, 1.807) is 22.1 Å². The lowest BCUT2D eigenvalue weighted by Crippen LogP contribution is -2.36. The second-order valence-corrected chi connectivity index (χ2v) is 18.7. The second kappa shape index (κ2) is 11.0. The molecule has 3 rings (SSSR count). The van der Waals surface area contributed by atoms with Gasteiger partial charge >= 0.3 is 0 Å². The molecule has 0 radical (unpaired) electrons. The molecule has 1 aromatic heterocycles. The Morgan fingerprint density at radius 1 is 1.15 bits per heavy atom. The van der Waals surface area contributed by atoms with Gasteiger partial charge in [0.2, 0.25) is 0 Å². The maximum absolute atomic E-state index is 6.50. The molecule has 2 aromatic rings. The van der Waals surface area contributed by atoms with Crippen molar-refractivity contribution in [2.24, 2.45) is 0 Å². The Labute approximate surface area is 177 Å². The molecule has 0 saturated heterocycles. The Hall–Kier alpha value is 0.687. The summed E-state index contributed by atoms with van der Waals surface area (Å²) >= 11 is 1.78. The first-order valence-electron chi connectivity index (χ1n) is 9.29. The fourth-order valence-corrected chi connectivity index (χ4v) is 13.1. The first kappa shape index (κ1) is 21.4. The maximum Gasteiger partial charge on any atom is 0.187 e. The number of nitrogens with zero attached hydrogens (tertiary/aromatic N) is 1. The maximum atomic E-state index is 6.50. The summed E-state index contributed by atoms with van der Waals surface area (Å²) in [6.45, 7) is 4.80. The summed E-state index contributed by atoms with van der Waals surface area (Å²) < 4.78 is 8.93. The van der Waals surface area contributed by atoms with Gasteiger partial charge in [-0.25, -0.2) is 4.98 Å². The van der Waals surface area contributed by atoms with Crippen LogP contribution in [0.25, 0.3) is 10.2 Å². The van der Waals surface area contributed by atoms with E-state index >= 15 is 0 Å². The highest BCUT2D eigenvalue weighted by molar-refractivity contribution is 9.26. The third-order valence-corrected chi connectivity index (χ3v) is 14.7. The molecule has 2 nitrogen and oxygen atoms in total. The molecule has 144 valence electrons. The summed E-state index contributed by atoms with van der Waals surface area (Å²) in [6.07, 6.45) is 8.56. The van der Waals surface area contributed by atoms with Gasteiger partial charge in [0.05, 0.1) is 10.2 Å². The number of para-hydroxylation sites is 1. The number of hydrogen-bond donors (Lipinski definition) is 0. The zero-order valence-corrected chi connectivity index (χ0v) is 20.5. The van der Waals surface area contributed by atoms with Crippen LogP contribution in [0.5, 0.6) is 0 Å². The zero-order chi connectivity index (χ0) is 18.2. The van der Waals surface area contributed by atoms with E-state index in [-0.39, 0.29) is 0 Å². The van der Waals surface area contributed by atoms with Crippen LogP contribution in [-0.2, 0) is 4.43 Å². The Bertz CT molecular complexity index is 641. The summed E-state index contributed by atoms with van der Waals surface area (Å²) in [5.41, 5.74) is 1.11. The summed E-state index contributed by atoms with van der Waals surface area (Å²) in [6, 6.07) is 9.65. The molecule has 26 heavy (non-hydrogen) atoms. The number of thiazole rings is 1. The highest BCUT2D eigenvalue weighted by Gasteiger charge is 2.27. The molecule has 8 heteroatoms. The quantitative estimate of drug-likeness (QED) is 0.200. The molecule has 1 aliphatic rings. The number of rotatable bonds is 10. The van der Waals surface area contributed by atoms with Crippen molar-refractivity contribution in [1.29, 1.82) is 0 Å². The van der Waals surface area contributed by atoms with Crippen LogP contribution in [-0.4, -0.2) is 25.2 Å². The van der Waals surface area contributed by atoms with Gasteiger partial charge in [-0.2, -0.15) is 0 Å². The summed E-state index contributed by atoms with van der Waals surface area (Å²) in [5, 5.41) is 0. The van der Waals surface area contributed by atoms with E-state index in [4.69, 9.17) is 4.43 Å². The largest absolute Gasteiger partial charge is 0.414 e. The average molecular weight is 462 g/mol. The van der Waals surface area contributed by atoms with Crippen LogP contribution in [0.2, 0.25) is 19.1 Å². The van der Waals surface area contributed by atoms with Crippen LogP contribution in [0.4, 0.5) is 0 Å². The van der Waals surface area contributed by atoms with E-state index in [1.165, 1.54) is 55.0 Å². The molecule has 0 N–H and O–H groups in total. The van der Waals surface area contributed by atoms with Crippen molar-refractivity contribution in [3.63, 3.8) is 0 Å². The van der Waals surface area contributed by atoms with Crippen molar-refractivity contribution in [3.8, 4) is 0 Å². The van der Waals surface area contributed by atoms with E-state index in [1.807, 2.05) is 30.4 Å². The second-order valence-electron chi connectivity index (χ2n) is 7.23. The summed E-state index contributed by atoms with van der Waals surface area (Å²) in [4.78, 5) is 4.66. The molecule has 0 amide bonds. The fraction of sp³-hybridized carbons (Fsp3) is 0.611. The number of benzene rings is 1. The lowest BCUT2D eigenvalue weighted by Gasteiger charge is -2.31. The molecular formula is C18H27NOS5Si. The Kier molecular flexibility index (Phi) is 9.07. The van der Waals surface area contributed by atoms with Crippen LogP contribution in [0.15, 0.2) is 28.6 Å². The van der Waals surface area contributed by atoms with Gasteiger partial charge in [0.15, 0.2) is 12.7 Å². The molecule has 0 spiro atoms. The average Bonchev–Trinajstić information content (AvgIpc) is 3.04. The van der Waals surface area contributed by atoms with Gasteiger partial charge in [0, 0.05) is 11.9 Å². The minimum atomic E-state index is -1.47. The third kappa shape index (κ3) is 7.26. The van der Waals surface area contributed by atoms with E-state index in [0.29, 0.717) is 6.10 Å². The predicted octanol–water partition coefficient (Wildman–Crippen LogP) is 8.28. The van der Waals surface area contributed by atoms with Crippen molar-refractivity contribution in [2.75, 3.05) is 5.75 Å². The number of hydrogen-bond acceptors (Lipinski definition) is 7. The SMILES string of the molecule is C[Si](C)(CCCSSSSc1nc2ccccc2s1)OC1CCCCC1. The molecule has 0 atom stereocenters. The molecule has 1 heterocycles. The molecule has 0 aliphatic heterocycles. The van der Waals surface area contributed by atoms with Gasteiger partial charge in [-0.3, -0.25) is 0 Å². The fourth-order valence-electron chi connectivity index (χ4n) is 3.23. The van der Waals surface area contributed by atoms with E-state index in [9.17, 15) is 0 Å². The standard InChI is InChI=1S/C18H27NOS5Si/c1-26(2,20-15-9-4-3-5-10-15)14-8-13-21-24-25-23-18-19-16-11-6-7-12-17(16)22-18/h6-7,11-12,15H,3-5,8-10,13-14H2,1-2H3. The van der Waals surface area contributed by atoms with Crippen LogP contribution >= 0.6 is 52.6 Å². The smallest absolute Gasteiger partial charge is 0.187 e. The predicted molar refractivity (Wildman–Crippen MR) is 128 cm³/mol. The van der Waals surface area contributed by atoms with Crippen LogP contribution < -0.4 is 0 Å². The molecule has 0 bridgehead atoms. The Morgan fingerprint density at radius 2 is 1.96 bits per heavy atom. The molecular weight excluding hydrogens is 435 g/mol. The summed E-state index contributed by atoms with van der Waals surface area (Å²) in [7, 11) is 5.99. The van der Waals surface area contributed by atoms with Crippen molar-refractivity contribution < 1.29 is 4.43 Å². The zero-order valence-electron chi connectivity index (χ0n) is 15.4. The van der Waals surface area contributed by atoms with Gasteiger partial charge in [-0.15, -0.1) is 11.3 Å². The van der Waals surface area contributed by atoms with Crippen molar-refractivity contribution >= 4 is 71.1 Å². The number of aromatic nitrogens is 1. The lowest BCUT2D eigenvalue weighted by molar-refractivity contribution is 0.145. The minimum absolute atomic E-state index is 0.563. The molecule has 1 fully saturated rings. The molecule has 1 aliphatic carbocycles. The molecule has 1 aromatic carbocycles. The van der Waals surface area contributed by atoms with Gasteiger partial charge in [-0.1, -0.05) is 42.2 Å². The van der Waals surface area contributed by atoms with Crippen LogP contribution in [0.1, 0.15) is 38.5 Å². The molecule has 1 saturated carbocycles. The van der Waals surface area contributed by atoms with Crippen molar-refractivity contribution in [3.05, 3.63) is 24.3 Å². The Balaban J connectivity index is 1.25. The summed E-state index contributed by atoms with van der Waals surface area (Å²) in [5.74, 6) is 1.21. The van der Waals surface area contributed by atoms with E-state index in [0.717, 1.165) is 9.86 Å². The Morgan fingerprint density at radius 3 is 2.77 bits per heavy atom. The highest BCUT2D eigenvalue weighted by Crippen LogP contribution is 2.48. The lowest BCUT2D eigenvalue weighted by atomic mass is 9.98. The van der Waals surface area contributed by atoms with Crippen molar-refractivity contribution in [1.82, 2.24) is 4.98 Å². The monoisotopic (exact) mass is 461 g/mol. The van der Waals surface area contributed by atoms with Gasteiger partial charge in [-0.05, 0) is 81.0 Å². The topological polar surface area (TPSA) is 22.1 Å². The van der Waals surface area contributed by atoms with Crippen LogP contribution in [0, 0.1) is 0 Å².